The monoisotopic (exact) mass is 881 g/mol. The molecule has 346 valence electrons. The van der Waals surface area contributed by atoms with Gasteiger partial charge in [0.25, 0.3) is 5.56 Å². The number of rotatable bonds is 35. The van der Waals surface area contributed by atoms with Gasteiger partial charge in [-0.25, -0.2) is 9.97 Å². The second-order valence-corrected chi connectivity index (χ2v) is 15.0. The van der Waals surface area contributed by atoms with Gasteiger partial charge in [-0.1, -0.05) is 26.2 Å². The summed E-state index contributed by atoms with van der Waals surface area (Å²) in [6.07, 6.45) is 8.68. The molecule has 20 nitrogen and oxygen atoms in total. The average molecular weight is 882 g/mol. The van der Waals surface area contributed by atoms with Crippen LogP contribution < -0.4 is 33.0 Å². The first-order valence-corrected chi connectivity index (χ1v) is 21.5. The Labute approximate surface area is 366 Å². The summed E-state index contributed by atoms with van der Waals surface area (Å²) in [6, 6.07) is 6.47. The van der Waals surface area contributed by atoms with Crippen LogP contribution in [0.3, 0.4) is 0 Å². The number of carboxylic acid groups (broad SMARTS) is 1. The number of aromatic nitrogens is 4. The van der Waals surface area contributed by atoms with Gasteiger partial charge in [-0.2, -0.15) is 4.98 Å². The lowest BCUT2D eigenvalue weighted by Gasteiger charge is -2.14. The largest absolute Gasteiger partial charge is 0.481 e. The van der Waals surface area contributed by atoms with Crippen molar-refractivity contribution >= 4 is 58.1 Å². The van der Waals surface area contributed by atoms with E-state index >= 15 is 0 Å². The topological polar surface area (TPSA) is 310 Å². The lowest BCUT2D eigenvalue weighted by molar-refractivity contribution is -0.142. The predicted molar refractivity (Wildman–Crippen MR) is 233 cm³/mol. The highest BCUT2D eigenvalue weighted by atomic mass is 16.5. The minimum atomic E-state index is -1.17. The highest BCUT2D eigenvalue weighted by Gasteiger charge is 2.23. The number of amides is 3. The second kappa shape index (κ2) is 29.4. The zero-order valence-electron chi connectivity index (χ0n) is 36.1. The number of H-pyrrole nitrogens is 1. The van der Waals surface area contributed by atoms with E-state index in [-0.39, 0.29) is 124 Å². The van der Waals surface area contributed by atoms with Gasteiger partial charge in [0.2, 0.25) is 23.7 Å². The number of anilines is 2. The van der Waals surface area contributed by atoms with Crippen molar-refractivity contribution in [3.05, 3.63) is 52.1 Å². The van der Waals surface area contributed by atoms with Crippen molar-refractivity contribution in [1.82, 2.24) is 30.6 Å². The molecule has 1 aromatic carbocycles. The summed E-state index contributed by atoms with van der Waals surface area (Å²) in [6.45, 7) is 4.16. The van der Waals surface area contributed by atoms with Crippen LogP contribution in [0.5, 0.6) is 0 Å². The number of aliphatic carboxylic acids is 1. The van der Waals surface area contributed by atoms with Gasteiger partial charge in [-0.05, 0) is 62.8 Å². The number of fused-ring (bicyclic) bond motifs is 1. The number of ether oxygens (including phenoxy) is 3. The molecule has 0 spiro atoms. The zero-order chi connectivity index (χ0) is 45.8. The summed E-state index contributed by atoms with van der Waals surface area (Å²) in [7, 11) is 0. The number of hydrogen-bond donors (Lipinski definition) is 7. The molecule has 0 aliphatic carbocycles. The van der Waals surface area contributed by atoms with Crippen LogP contribution in [-0.2, 0) is 44.7 Å². The molecule has 0 bridgehead atoms. The molecule has 0 aliphatic heterocycles. The Morgan fingerprint density at radius 3 is 2.16 bits per heavy atom. The Balaban J connectivity index is 1.16. The Bertz CT molecular complexity index is 1980. The number of nitrogen functional groups attached to an aromatic ring is 1. The fourth-order valence-electron chi connectivity index (χ4n) is 6.48. The second-order valence-electron chi connectivity index (χ2n) is 15.0. The smallest absolute Gasteiger partial charge is 0.306 e. The molecule has 2 atom stereocenters. The van der Waals surface area contributed by atoms with Gasteiger partial charge < -0.3 is 46.7 Å². The SMILES string of the molecule is CC[C@@H](CCCCNC(=O)COCCOCCOCCNC(=O)CC[C@H](CC(=O)c1ccc(NCc2cnc3nc(N)[nH]c(=O)c3n2)cc1)C(=O)O)C(=O)CCCCCCC(N)=O. The number of aromatic amines is 1. The van der Waals surface area contributed by atoms with Gasteiger partial charge in [0.15, 0.2) is 16.9 Å². The summed E-state index contributed by atoms with van der Waals surface area (Å²) < 4.78 is 16.3. The van der Waals surface area contributed by atoms with Crippen LogP contribution >= 0.6 is 0 Å². The fraction of sp³-hybridized carbons (Fsp3) is 0.581. The number of hydrogen-bond acceptors (Lipinski definition) is 15. The number of Topliss-reactive ketones (excluding diaryl/α,β-unsaturated/α-hetero) is 2. The molecule has 20 heteroatoms. The molecule has 0 radical (unpaired) electrons. The number of carbonyl (C=O) groups excluding carboxylic acids is 5. The number of primary amides is 1. The van der Waals surface area contributed by atoms with Crippen molar-refractivity contribution < 1.29 is 48.1 Å². The van der Waals surface area contributed by atoms with Crippen LogP contribution in [0.1, 0.15) is 106 Å². The Kier molecular flexibility index (Phi) is 24.1. The molecule has 0 fully saturated rings. The van der Waals surface area contributed by atoms with E-state index in [0.29, 0.717) is 36.3 Å². The van der Waals surface area contributed by atoms with Crippen LogP contribution in [0.2, 0.25) is 0 Å². The van der Waals surface area contributed by atoms with Gasteiger partial charge in [0.1, 0.15) is 12.4 Å². The van der Waals surface area contributed by atoms with E-state index in [2.05, 4.69) is 35.9 Å². The molecule has 0 saturated heterocycles. The minimum Gasteiger partial charge on any atom is -0.481 e. The van der Waals surface area contributed by atoms with Gasteiger partial charge >= 0.3 is 5.97 Å². The molecule has 0 unspecified atom stereocenters. The Hall–Kier alpha value is -5.86. The number of carboxylic acids is 1. The molecular formula is C43H63N9O11. The van der Waals surface area contributed by atoms with Gasteiger partial charge in [-0.15, -0.1) is 0 Å². The molecule has 0 saturated carbocycles. The van der Waals surface area contributed by atoms with E-state index in [0.717, 1.165) is 51.4 Å². The lowest BCUT2D eigenvalue weighted by Crippen LogP contribution is -2.29. The van der Waals surface area contributed by atoms with Crippen LogP contribution in [0.15, 0.2) is 35.3 Å². The van der Waals surface area contributed by atoms with Crippen molar-refractivity contribution in [2.45, 2.75) is 96.9 Å². The summed E-state index contributed by atoms with van der Waals surface area (Å²) in [5.41, 5.74) is 11.8. The van der Waals surface area contributed by atoms with Crippen LogP contribution in [0.4, 0.5) is 11.6 Å². The number of unbranched alkanes of at least 4 members (excludes halogenated alkanes) is 4. The number of nitrogens with zero attached hydrogens (tertiary/aromatic N) is 3. The number of carbonyl (C=O) groups is 6. The third kappa shape index (κ3) is 21.2. The number of nitrogens with two attached hydrogens (primary N) is 2. The maximum absolute atomic E-state index is 12.9. The first-order chi connectivity index (χ1) is 30.4. The van der Waals surface area contributed by atoms with Crippen molar-refractivity contribution in [1.29, 1.82) is 0 Å². The predicted octanol–water partition coefficient (Wildman–Crippen LogP) is 2.83. The highest BCUT2D eigenvalue weighted by molar-refractivity contribution is 5.98. The molecular weight excluding hydrogens is 819 g/mol. The summed E-state index contributed by atoms with van der Waals surface area (Å²) in [5, 5.41) is 18.3. The van der Waals surface area contributed by atoms with E-state index in [4.69, 9.17) is 25.7 Å². The van der Waals surface area contributed by atoms with Crippen LogP contribution in [-0.4, -0.2) is 113 Å². The quantitative estimate of drug-likeness (QED) is 0.0330. The van der Waals surface area contributed by atoms with Crippen molar-refractivity contribution in [2.24, 2.45) is 17.6 Å². The average Bonchev–Trinajstić information content (AvgIpc) is 3.25. The highest BCUT2D eigenvalue weighted by Crippen LogP contribution is 2.19. The molecule has 2 heterocycles. The fourth-order valence-corrected chi connectivity index (χ4v) is 6.48. The summed E-state index contributed by atoms with van der Waals surface area (Å²) >= 11 is 0. The normalized spacial score (nSPS) is 12.1. The molecule has 2 aromatic heterocycles. The molecule has 3 aromatic rings. The van der Waals surface area contributed by atoms with Gasteiger partial charge in [-0.3, -0.25) is 38.5 Å². The molecule has 63 heavy (non-hydrogen) atoms. The number of benzene rings is 1. The first-order valence-electron chi connectivity index (χ1n) is 21.5. The van der Waals surface area contributed by atoms with Crippen LogP contribution in [0.25, 0.3) is 11.2 Å². The van der Waals surface area contributed by atoms with Gasteiger partial charge in [0, 0.05) is 55.9 Å². The maximum Gasteiger partial charge on any atom is 0.306 e. The number of ketones is 2. The van der Waals surface area contributed by atoms with E-state index in [1.807, 2.05) is 6.92 Å². The summed E-state index contributed by atoms with van der Waals surface area (Å²) in [5.74, 6) is -3.19. The molecule has 3 amide bonds. The van der Waals surface area contributed by atoms with E-state index < -0.39 is 17.4 Å². The van der Waals surface area contributed by atoms with Crippen molar-refractivity contribution in [2.75, 3.05) is 63.8 Å². The van der Waals surface area contributed by atoms with Crippen LogP contribution in [0, 0.1) is 11.8 Å². The molecule has 9 N–H and O–H groups in total. The Morgan fingerprint density at radius 1 is 0.778 bits per heavy atom. The van der Waals surface area contributed by atoms with E-state index in [1.165, 1.54) is 6.20 Å². The maximum atomic E-state index is 12.9. The third-order valence-electron chi connectivity index (χ3n) is 10.1. The molecule has 0 aliphatic rings. The zero-order valence-corrected chi connectivity index (χ0v) is 36.1. The van der Waals surface area contributed by atoms with Crippen molar-refractivity contribution in [3.63, 3.8) is 0 Å². The van der Waals surface area contributed by atoms with E-state index in [1.54, 1.807) is 24.3 Å². The van der Waals surface area contributed by atoms with Crippen molar-refractivity contribution in [3.8, 4) is 0 Å². The minimum absolute atomic E-state index is 0.0177. The first kappa shape index (κ1) is 51.5. The molecule has 3 rings (SSSR count). The number of nitrogens with one attached hydrogen (secondary N) is 4. The van der Waals surface area contributed by atoms with E-state index in [9.17, 15) is 38.7 Å². The standard InChI is InChI=1S/C43H63N9O11/c1-2-29(34(53)10-5-3-4-6-11-36(44)55)9-7-8-18-46-38(57)28-63-24-23-62-22-21-61-20-19-47-37(56)17-14-31(42(59)60)25-35(54)30-12-15-32(16-13-30)48-26-33-27-49-40-39(50-33)41(58)52-43(45)51-40/h12-13,15-16,27,29,31,48H,2-11,14,17-26,28H2,1H3,(H2,44,55)(H,46,57)(H,47,56)(H,59,60)(H3,45,49,51,52,58)/t29-,31+/m0/s1. The summed E-state index contributed by atoms with van der Waals surface area (Å²) in [4.78, 5) is 99.3. The lowest BCUT2D eigenvalue weighted by atomic mass is 9.91. The van der Waals surface area contributed by atoms with Gasteiger partial charge in [0.05, 0.1) is 57.4 Å². The Morgan fingerprint density at radius 2 is 1.46 bits per heavy atom. The third-order valence-corrected chi connectivity index (χ3v) is 10.1.